The van der Waals surface area contributed by atoms with Crippen molar-refractivity contribution in [1.29, 1.82) is 0 Å². The van der Waals surface area contributed by atoms with Crippen LogP contribution in [-0.4, -0.2) is 11.1 Å². The molecule has 1 heterocycles. The SMILES string of the molecule is Cc1cnc(Br)c(OC2CC2)c1. The molecule has 0 amide bonds. The first-order chi connectivity index (χ1) is 5.75. The number of hydrogen-bond donors (Lipinski definition) is 0. The summed E-state index contributed by atoms with van der Waals surface area (Å²) in [6.45, 7) is 2.01. The Kier molecular flexibility index (Phi) is 2.05. The zero-order valence-corrected chi connectivity index (χ0v) is 8.47. The topological polar surface area (TPSA) is 22.1 Å². The summed E-state index contributed by atoms with van der Waals surface area (Å²) in [6.07, 6.45) is 4.62. The van der Waals surface area contributed by atoms with Crippen LogP contribution in [0.25, 0.3) is 0 Å². The molecule has 1 aromatic rings. The lowest BCUT2D eigenvalue weighted by Gasteiger charge is -2.05. The Morgan fingerprint density at radius 2 is 2.33 bits per heavy atom. The monoisotopic (exact) mass is 227 g/mol. The van der Waals surface area contributed by atoms with Crippen molar-refractivity contribution in [3.05, 3.63) is 22.4 Å². The second-order valence-corrected chi connectivity index (χ2v) is 3.87. The van der Waals surface area contributed by atoms with Gasteiger partial charge in [0.2, 0.25) is 0 Å². The van der Waals surface area contributed by atoms with Crippen molar-refractivity contribution in [2.24, 2.45) is 0 Å². The van der Waals surface area contributed by atoms with Crippen molar-refractivity contribution in [1.82, 2.24) is 4.98 Å². The van der Waals surface area contributed by atoms with Crippen LogP contribution in [0.15, 0.2) is 16.9 Å². The maximum absolute atomic E-state index is 5.63. The minimum atomic E-state index is 0.435. The number of aryl methyl sites for hydroxylation is 1. The molecule has 1 fully saturated rings. The molecule has 0 unspecified atom stereocenters. The first-order valence-corrected chi connectivity index (χ1v) is 4.84. The molecule has 1 aliphatic carbocycles. The van der Waals surface area contributed by atoms with Gasteiger partial charge in [-0.05, 0) is 47.3 Å². The Labute approximate surface area is 80.1 Å². The fraction of sp³-hybridized carbons (Fsp3) is 0.444. The predicted molar refractivity (Wildman–Crippen MR) is 50.3 cm³/mol. The Bertz CT molecular complexity index is 297. The van der Waals surface area contributed by atoms with Gasteiger partial charge in [0.25, 0.3) is 0 Å². The molecule has 2 rings (SSSR count). The summed E-state index contributed by atoms with van der Waals surface area (Å²) >= 11 is 3.35. The first-order valence-electron chi connectivity index (χ1n) is 4.04. The van der Waals surface area contributed by atoms with E-state index in [9.17, 15) is 0 Å². The van der Waals surface area contributed by atoms with Gasteiger partial charge in [-0.2, -0.15) is 0 Å². The molecule has 64 valence electrons. The molecule has 3 heteroatoms. The highest BCUT2D eigenvalue weighted by Crippen LogP contribution is 2.31. The molecule has 0 bridgehead atoms. The van der Waals surface area contributed by atoms with Gasteiger partial charge in [-0.25, -0.2) is 4.98 Å². The number of halogens is 1. The molecule has 0 radical (unpaired) electrons. The van der Waals surface area contributed by atoms with Crippen LogP contribution >= 0.6 is 15.9 Å². The number of aromatic nitrogens is 1. The number of rotatable bonds is 2. The fourth-order valence-corrected chi connectivity index (χ4v) is 1.28. The van der Waals surface area contributed by atoms with Crippen molar-refractivity contribution in [3.63, 3.8) is 0 Å². The van der Waals surface area contributed by atoms with Gasteiger partial charge in [0, 0.05) is 6.20 Å². The second-order valence-electron chi connectivity index (χ2n) is 3.12. The zero-order chi connectivity index (χ0) is 8.55. The van der Waals surface area contributed by atoms with E-state index in [2.05, 4.69) is 20.9 Å². The highest BCUT2D eigenvalue weighted by molar-refractivity contribution is 9.10. The van der Waals surface area contributed by atoms with E-state index in [0.29, 0.717) is 6.10 Å². The van der Waals surface area contributed by atoms with E-state index < -0.39 is 0 Å². The van der Waals surface area contributed by atoms with Gasteiger partial charge < -0.3 is 4.74 Å². The molecule has 0 atom stereocenters. The molecule has 0 saturated heterocycles. The third-order valence-corrected chi connectivity index (χ3v) is 2.36. The van der Waals surface area contributed by atoms with E-state index in [0.717, 1.165) is 15.9 Å². The Hall–Kier alpha value is -0.570. The molecule has 1 aliphatic rings. The highest BCUT2D eigenvalue weighted by atomic mass is 79.9. The molecular weight excluding hydrogens is 218 g/mol. The van der Waals surface area contributed by atoms with Crippen molar-refractivity contribution in [2.45, 2.75) is 25.9 Å². The number of pyridine rings is 1. The van der Waals surface area contributed by atoms with Crippen LogP contribution in [0.3, 0.4) is 0 Å². The van der Waals surface area contributed by atoms with Gasteiger partial charge in [-0.3, -0.25) is 0 Å². The van der Waals surface area contributed by atoms with Crippen molar-refractivity contribution in [3.8, 4) is 5.75 Å². The van der Waals surface area contributed by atoms with E-state index in [1.807, 2.05) is 19.2 Å². The first kappa shape index (κ1) is 8.05. The van der Waals surface area contributed by atoms with Crippen LogP contribution in [-0.2, 0) is 0 Å². The van der Waals surface area contributed by atoms with Crippen molar-refractivity contribution >= 4 is 15.9 Å². The lowest BCUT2D eigenvalue weighted by Crippen LogP contribution is -1.97. The summed E-state index contributed by atoms with van der Waals surface area (Å²) in [4.78, 5) is 4.15. The normalized spacial score (nSPS) is 16.2. The van der Waals surface area contributed by atoms with Crippen LogP contribution in [0.1, 0.15) is 18.4 Å². The minimum absolute atomic E-state index is 0.435. The van der Waals surface area contributed by atoms with Crippen LogP contribution in [0, 0.1) is 6.92 Å². The molecule has 0 spiro atoms. The number of ether oxygens (including phenoxy) is 1. The fourth-order valence-electron chi connectivity index (χ4n) is 0.974. The van der Waals surface area contributed by atoms with Gasteiger partial charge in [0.15, 0.2) is 5.75 Å². The average molecular weight is 228 g/mol. The third kappa shape index (κ3) is 1.78. The number of nitrogens with zero attached hydrogens (tertiary/aromatic N) is 1. The third-order valence-electron chi connectivity index (χ3n) is 1.76. The van der Waals surface area contributed by atoms with Crippen LogP contribution < -0.4 is 4.74 Å². The van der Waals surface area contributed by atoms with E-state index >= 15 is 0 Å². The van der Waals surface area contributed by atoms with Gasteiger partial charge >= 0.3 is 0 Å². The van der Waals surface area contributed by atoms with E-state index in [1.165, 1.54) is 12.8 Å². The summed E-state index contributed by atoms with van der Waals surface area (Å²) in [5.41, 5.74) is 1.13. The molecule has 0 aliphatic heterocycles. The molecule has 0 N–H and O–H groups in total. The zero-order valence-electron chi connectivity index (χ0n) is 6.88. The van der Waals surface area contributed by atoms with E-state index in [4.69, 9.17) is 4.74 Å². The summed E-state index contributed by atoms with van der Waals surface area (Å²) in [5.74, 6) is 0.873. The lowest BCUT2D eigenvalue weighted by molar-refractivity contribution is 0.299. The average Bonchev–Trinajstić information content (AvgIpc) is 2.81. The van der Waals surface area contributed by atoms with Crippen molar-refractivity contribution in [2.75, 3.05) is 0 Å². The van der Waals surface area contributed by atoms with Gasteiger partial charge in [-0.15, -0.1) is 0 Å². The van der Waals surface area contributed by atoms with E-state index in [-0.39, 0.29) is 0 Å². The van der Waals surface area contributed by atoms with Gasteiger partial charge in [0.05, 0.1) is 6.10 Å². The summed E-state index contributed by atoms with van der Waals surface area (Å²) in [6, 6.07) is 2.01. The lowest BCUT2D eigenvalue weighted by atomic mass is 10.3. The maximum atomic E-state index is 5.63. The van der Waals surface area contributed by atoms with Crippen LogP contribution in [0.5, 0.6) is 5.75 Å². The quantitative estimate of drug-likeness (QED) is 0.726. The maximum Gasteiger partial charge on any atom is 0.152 e. The molecule has 1 aromatic heterocycles. The Balaban J connectivity index is 2.21. The van der Waals surface area contributed by atoms with E-state index in [1.54, 1.807) is 0 Å². The van der Waals surface area contributed by atoms with Gasteiger partial charge in [0.1, 0.15) is 4.60 Å². The molecular formula is C9H10BrNO. The summed E-state index contributed by atoms with van der Waals surface area (Å²) in [5, 5.41) is 0. The molecule has 0 aromatic carbocycles. The minimum Gasteiger partial charge on any atom is -0.488 e. The Morgan fingerprint density at radius 1 is 1.58 bits per heavy atom. The van der Waals surface area contributed by atoms with Crippen LogP contribution in [0.2, 0.25) is 0 Å². The molecule has 2 nitrogen and oxygen atoms in total. The highest BCUT2D eigenvalue weighted by Gasteiger charge is 2.24. The second kappa shape index (κ2) is 3.05. The standard InChI is InChI=1S/C9H10BrNO/c1-6-4-8(9(10)11-5-6)12-7-2-3-7/h4-5,7H,2-3H2,1H3. The van der Waals surface area contributed by atoms with Gasteiger partial charge in [-0.1, -0.05) is 0 Å². The summed E-state index contributed by atoms with van der Waals surface area (Å²) < 4.78 is 6.43. The van der Waals surface area contributed by atoms with Crippen LogP contribution in [0.4, 0.5) is 0 Å². The predicted octanol–water partition coefficient (Wildman–Crippen LogP) is 2.69. The smallest absolute Gasteiger partial charge is 0.152 e. The number of hydrogen-bond acceptors (Lipinski definition) is 2. The molecule has 12 heavy (non-hydrogen) atoms. The summed E-state index contributed by atoms with van der Waals surface area (Å²) in [7, 11) is 0. The van der Waals surface area contributed by atoms with Crippen molar-refractivity contribution < 1.29 is 4.74 Å². The Morgan fingerprint density at radius 3 is 3.00 bits per heavy atom. The molecule has 1 saturated carbocycles. The largest absolute Gasteiger partial charge is 0.488 e.